The number of aromatic amines is 1. The third kappa shape index (κ3) is 6.68. The van der Waals surface area contributed by atoms with Gasteiger partial charge < -0.3 is 24.2 Å². The van der Waals surface area contributed by atoms with Crippen LogP contribution in [0.4, 0.5) is 0 Å². The Bertz CT molecular complexity index is 1220. The molecule has 4 N–H and O–H groups in total. The lowest BCUT2D eigenvalue weighted by Gasteiger charge is -2.27. The van der Waals surface area contributed by atoms with Crippen molar-refractivity contribution >= 4 is 25.9 Å². The Hall–Kier alpha value is -2.38. The second-order valence-corrected chi connectivity index (χ2v) is 10.9. The lowest BCUT2D eigenvalue weighted by molar-refractivity contribution is -0.149. The zero-order valence-electron chi connectivity index (χ0n) is 20.2. The predicted octanol–water partition coefficient (Wildman–Crippen LogP) is 2.05. The van der Waals surface area contributed by atoms with E-state index in [0.29, 0.717) is 0 Å². The van der Waals surface area contributed by atoms with Gasteiger partial charge in [0.05, 0.1) is 12.7 Å². The largest absolute Gasteiger partial charge is 0.462 e. The fraction of sp³-hybridized carbons (Fsp3) is 0.500. The van der Waals surface area contributed by atoms with Gasteiger partial charge in [-0.05, 0) is 45.9 Å². The van der Waals surface area contributed by atoms with Crippen LogP contribution in [0.15, 0.2) is 47.4 Å². The van der Waals surface area contributed by atoms with Gasteiger partial charge in [0.25, 0.3) is 0 Å². The lowest BCUT2D eigenvalue weighted by Crippen LogP contribution is -2.46. The molecule has 14 heteroatoms. The van der Waals surface area contributed by atoms with Crippen LogP contribution in [0.1, 0.15) is 33.9 Å². The summed E-state index contributed by atoms with van der Waals surface area (Å²) in [6, 6.07) is 8.49. The minimum absolute atomic E-state index is 0.185. The van der Waals surface area contributed by atoms with Crippen LogP contribution in [-0.4, -0.2) is 62.3 Å². The van der Waals surface area contributed by atoms with E-state index in [4.69, 9.17) is 30.7 Å². The Morgan fingerprint density at radius 3 is 2.58 bits per heavy atom. The summed E-state index contributed by atoms with van der Waals surface area (Å²) in [5.74, 6) is -0.479. The van der Waals surface area contributed by atoms with Crippen molar-refractivity contribution in [2.45, 2.75) is 63.9 Å². The average Bonchev–Trinajstić information content (AvgIpc) is 3.01. The van der Waals surface area contributed by atoms with E-state index in [2.05, 4.69) is 10.1 Å². The average molecular weight is 544 g/mol. The summed E-state index contributed by atoms with van der Waals surface area (Å²) in [6.45, 7) is 5.55. The molecule has 1 aromatic heterocycles. The molecular formula is C22H30N3O9PS. The number of para-hydroxylation sites is 1. The molecule has 198 valence electrons. The smallest absolute Gasteiger partial charge is 0.459 e. The molecule has 0 aliphatic carbocycles. The number of benzene rings is 1. The maximum absolute atomic E-state index is 13.6. The van der Waals surface area contributed by atoms with Crippen molar-refractivity contribution in [1.82, 2.24) is 14.6 Å². The van der Waals surface area contributed by atoms with Crippen LogP contribution < -0.4 is 15.3 Å². The molecule has 1 saturated heterocycles. The number of H-pyrrole nitrogens is 1. The first-order chi connectivity index (χ1) is 16.8. The molecule has 36 heavy (non-hydrogen) atoms. The van der Waals surface area contributed by atoms with Crippen LogP contribution in [0.5, 0.6) is 5.75 Å². The minimum Gasteiger partial charge on any atom is -0.462 e. The van der Waals surface area contributed by atoms with Gasteiger partial charge in [0, 0.05) is 6.20 Å². The Morgan fingerprint density at radius 1 is 1.31 bits per heavy atom. The van der Waals surface area contributed by atoms with Crippen LogP contribution in [0.2, 0.25) is 0 Å². The molecule has 2 heterocycles. The van der Waals surface area contributed by atoms with Gasteiger partial charge in [-0.2, -0.15) is 5.09 Å². The number of aliphatic hydroxyl groups is 2. The van der Waals surface area contributed by atoms with E-state index < -0.39 is 62.2 Å². The van der Waals surface area contributed by atoms with Crippen molar-refractivity contribution in [1.29, 1.82) is 0 Å². The van der Waals surface area contributed by atoms with Crippen molar-refractivity contribution in [2.24, 2.45) is 0 Å². The summed E-state index contributed by atoms with van der Waals surface area (Å²) in [5.41, 5.74) is -2.57. The normalized spacial score (nSPS) is 26.4. The van der Waals surface area contributed by atoms with E-state index in [1.165, 1.54) is 26.1 Å². The highest BCUT2D eigenvalue weighted by Gasteiger charge is 2.54. The third-order valence-electron chi connectivity index (χ3n) is 5.29. The molecule has 1 aliphatic heterocycles. The summed E-state index contributed by atoms with van der Waals surface area (Å²) in [6.07, 6.45) is -3.13. The van der Waals surface area contributed by atoms with Gasteiger partial charge in [0.2, 0.25) is 0 Å². The number of nitrogens with zero attached hydrogens (tertiary/aromatic N) is 1. The zero-order valence-corrected chi connectivity index (χ0v) is 21.9. The number of hydrogen-bond acceptors (Lipinski definition) is 10. The number of nitrogens with one attached hydrogen (secondary N) is 2. The first kappa shape index (κ1) is 28.2. The summed E-state index contributed by atoms with van der Waals surface area (Å²) in [7, 11) is -4.24. The quantitative estimate of drug-likeness (QED) is 0.197. The van der Waals surface area contributed by atoms with Crippen molar-refractivity contribution in [3.63, 3.8) is 0 Å². The summed E-state index contributed by atoms with van der Waals surface area (Å²) in [4.78, 5) is 27.0. The number of esters is 1. The van der Waals surface area contributed by atoms with Gasteiger partial charge >= 0.3 is 19.4 Å². The van der Waals surface area contributed by atoms with Gasteiger partial charge in [0.15, 0.2) is 6.23 Å². The molecule has 0 amide bonds. The highest BCUT2D eigenvalue weighted by atomic mass is 32.1. The van der Waals surface area contributed by atoms with Gasteiger partial charge in [0.1, 0.15) is 34.2 Å². The second kappa shape index (κ2) is 11.3. The van der Waals surface area contributed by atoms with E-state index in [1.54, 1.807) is 44.2 Å². The third-order valence-corrected chi connectivity index (χ3v) is 7.17. The van der Waals surface area contributed by atoms with Crippen molar-refractivity contribution in [2.75, 3.05) is 6.61 Å². The fourth-order valence-corrected chi connectivity index (χ4v) is 5.15. The maximum Gasteiger partial charge on any atom is 0.459 e. The van der Waals surface area contributed by atoms with Crippen LogP contribution >= 0.6 is 20.0 Å². The Balaban J connectivity index is 1.80. The maximum atomic E-state index is 13.6. The number of aliphatic hydroxyl groups excluding tert-OH is 1. The Morgan fingerprint density at radius 2 is 1.97 bits per heavy atom. The summed E-state index contributed by atoms with van der Waals surface area (Å²) < 4.78 is 36.8. The van der Waals surface area contributed by atoms with Gasteiger partial charge in [-0.3, -0.25) is 18.9 Å². The Labute approximate surface area is 212 Å². The molecule has 1 aliphatic rings. The second-order valence-electron chi connectivity index (χ2n) is 8.75. The van der Waals surface area contributed by atoms with Crippen LogP contribution in [0.25, 0.3) is 0 Å². The molecule has 6 atom stereocenters. The van der Waals surface area contributed by atoms with Crippen molar-refractivity contribution < 1.29 is 38.1 Å². The van der Waals surface area contributed by atoms with E-state index >= 15 is 0 Å². The molecule has 2 aromatic rings. The molecule has 0 spiro atoms. The zero-order chi connectivity index (χ0) is 26.7. The molecule has 0 saturated carbocycles. The van der Waals surface area contributed by atoms with Gasteiger partial charge in [-0.1, -0.05) is 30.4 Å². The number of carbonyl (C=O) groups excluding carboxylic acids is 1. The Kier molecular flexibility index (Phi) is 8.88. The number of ether oxygens (including phenoxy) is 2. The molecule has 3 rings (SSSR count). The molecule has 0 radical (unpaired) electrons. The molecule has 1 fully saturated rings. The number of rotatable bonds is 10. The summed E-state index contributed by atoms with van der Waals surface area (Å²) in [5, 5.41) is 24.2. The van der Waals surface area contributed by atoms with Crippen molar-refractivity contribution in [3.8, 4) is 5.75 Å². The SMILES string of the molecule is CC(C)OC(=O)[C@H](C)NP(=O)(OCC1O[C@@H](n2ccc(=S)[nH]c2=O)C(C)(O)[C@H]1O)Oc1ccccc1. The summed E-state index contributed by atoms with van der Waals surface area (Å²) >= 11 is 4.92. The molecule has 0 bridgehead atoms. The molecule has 3 unspecified atom stereocenters. The number of aromatic nitrogens is 2. The van der Waals surface area contributed by atoms with E-state index in [1.807, 2.05) is 0 Å². The predicted molar refractivity (Wildman–Crippen MR) is 131 cm³/mol. The first-order valence-corrected chi connectivity index (χ1v) is 13.1. The highest BCUT2D eigenvalue weighted by molar-refractivity contribution is 7.71. The molecule has 1 aromatic carbocycles. The van der Waals surface area contributed by atoms with Crippen LogP contribution in [-0.2, 0) is 23.4 Å². The molecule has 12 nitrogen and oxygen atoms in total. The van der Waals surface area contributed by atoms with Crippen molar-refractivity contribution in [3.05, 3.63) is 57.7 Å². The number of hydrogen-bond donors (Lipinski definition) is 4. The van der Waals surface area contributed by atoms with Crippen LogP contribution in [0.3, 0.4) is 0 Å². The number of carbonyl (C=O) groups is 1. The van der Waals surface area contributed by atoms with Gasteiger partial charge in [-0.15, -0.1) is 0 Å². The van der Waals surface area contributed by atoms with E-state index in [-0.39, 0.29) is 10.4 Å². The molecular weight excluding hydrogens is 513 g/mol. The topological polar surface area (TPSA) is 161 Å². The minimum atomic E-state index is -4.24. The van der Waals surface area contributed by atoms with E-state index in [0.717, 1.165) is 4.57 Å². The van der Waals surface area contributed by atoms with Crippen LogP contribution in [0, 0.1) is 4.64 Å². The fourth-order valence-electron chi connectivity index (χ4n) is 3.50. The standard InChI is InChI=1S/C22H30N3O9PS/c1-13(2)32-19(27)14(3)24-35(30,34-15-8-6-5-7-9-15)31-12-16-18(26)22(4,29)20(33-16)25-11-10-17(36)23-21(25)28/h5-11,13-14,16,18,20,26,29H,12H2,1-4H3,(H,24,30)(H,23,28,36)/t14-,16?,18-,20+,22?,35?/m0/s1. The lowest BCUT2D eigenvalue weighted by atomic mass is 9.96. The van der Waals surface area contributed by atoms with E-state index in [9.17, 15) is 24.4 Å². The monoisotopic (exact) mass is 543 g/mol. The highest BCUT2D eigenvalue weighted by Crippen LogP contribution is 2.46. The first-order valence-electron chi connectivity index (χ1n) is 11.2. The van der Waals surface area contributed by atoms with Gasteiger partial charge in [-0.25, -0.2) is 9.36 Å².